The third kappa shape index (κ3) is 2.39. The lowest BCUT2D eigenvalue weighted by Gasteiger charge is -2.10. The van der Waals surface area contributed by atoms with Crippen molar-refractivity contribution in [2.75, 3.05) is 0 Å². The summed E-state index contributed by atoms with van der Waals surface area (Å²) in [7, 11) is 0. The summed E-state index contributed by atoms with van der Waals surface area (Å²) in [6, 6.07) is 38.4. The molecule has 0 saturated heterocycles. The molecule has 0 amide bonds. The van der Waals surface area contributed by atoms with Gasteiger partial charge in [0.05, 0.1) is 22.1 Å². The van der Waals surface area contributed by atoms with Gasteiger partial charge in [0.1, 0.15) is 5.82 Å². The SMILES string of the molecule is c1ccc(-n2ccc3c2ccc2c4ccccc4n(-c4ccc5ccccc5n4)c23)cc1. The molecule has 4 aromatic carbocycles. The summed E-state index contributed by atoms with van der Waals surface area (Å²) in [5.41, 5.74) is 5.72. The zero-order valence-corrected chi connectivity index (χ0v) is 17.3. The van der Waals surface area contributed by atoms with E-state index in [2.05, 4.69) is 118 Å². The predicted molar refractivity (Wildman–Crippen MR) is 133 cm³/mol. The van der Waals surface area contributed by atoms with Gasteiger partial charge >= 0.3 is 0 Å². The molecule has 3 aromatic heterocycles. The molecule has 0 aliphatic rings. The fourth-order valence-corrected chi connectivity index (χ4v) is 4.91. The molecule has 0 fully saturated rings. The van der Waals surface area contributed by atoms with E-state index in [0.29, 0.717) is 0 Å². The molecule has 32 heavy (non-hydrogen) atoms. The summed E-state index contributed by atoms with van der Waals surface area (Å²) in [5, 5.41) is 4.86. The second-order valence-electron chi connectivity index (χ2n) is 8.13. The Hall–Kier alpha value is -4.37. The minimum Gasteiger partial charge on any atom is -0.316 e. The maximum Gasteiger partial charge on any atom is 0.138 e. The van der Waals surface area contributed by atoms with E-state index in [0.717, 1.165) is 22.4 Å². The van der Waals surface area contributed by atoms with Crippen molar-refractivity contribution in [2.45, 2.75) is 0 Å². The van der Waals surface area contributed by atoms with Gasteiger partial charge in [0, 0.05) is 33.4 Å². The summed E-state index contributed by atoms with van der Waals surface area (Å²) < 4.78 is 4.57. The summed E-state index contributed by atoms with van der Waals surface area (Å²) in [5.74, 6) is 0.940. The molecule has 0 bridgehead atoms. The summed E-state index contributed by atoms with van der Waals surface area (Å²) >= 11 is 0. The molecule has 0 atom stereocenters. The Kier molecular flexibility index (Phi) is 3.55. The maximum atomic E-state index is 5.05. The van der Waals surface area contributed by atoms with Crippen LogP contribution in [0.1, 0.15) is 0 Å². The Labute approximate surface area is 184 Å². The number of fused-ring (bicyclic) bond motifs is 6. The third-order valence-electron chi connectivity index (χ3n) is 6.35. The lowest BCUT2D eigenvalue weighted by atomic mass is 10.1. The van der Waals surface area contributed by atoms with Crippen molar-refractivity contribution >= 4 is 43.6 Å². The standard InChI is InChI=1S/C29H19N3/c1-2-9-21(10-3-1)31-19-18-24-26(31)16-15-23-22-11-5-7-13-27(22)32(29(23)24)28-17-14-20-8-4-6-12-25(20)30-28/h1-19H. The second kappa shape index (κ2) is 6.56. The topological polar surface area (TPSA) is 22.8 Å². The monoisotopic (exact) mass is 409 g/mol. The number of aromatic nitrogens is 3. The molecule has 0 aliphatic heterocycles. The molecule has 0 spiro atoms. The molecule has 3 heterocycles. The van der Waals surface area contributed by atoms with Crippen LogP contribution in [0.5, 0.6) is 0 Å². The molecule has 3 nitrogen and oxygen atoms in total. The molecule has 7 aromatic rings. The van der Waals surface area contributed by atoms with Crippen LogP contribution >= 0.6 is 0 Å². The van der Waals surface area contributed by atoms with Crippen LogP contribution in [0.2, 0.25) is 0 Å². The van der Waals surface area contributed by atoms with Gasteiger partial charge in [0.2, 0.25) is 0 Å². The lowest BCUT2D eigenvalue weighted by Crippen LogP contribution is -1.98. The average molecular weight is 409 g/mol. The van der Waals surface area contributed by atoms with Crippen molar-refractivity contribution in [3.63, 3.8) is 0 Å². The van der Waals surface area contributed by atoms with Crippen LogP contribution in [0.15, 0.2) is 115 Å². The largest absolute Gasteiger partial charge is 0.316 e. The van der Waals surface area contributed by atoms with Crippen LogP contribution in [0, 0.1) is 0 Å². The van der Waals surface area contributed by atoms with E-state index in [9.17, 15) is 0 Å². The first kappa shape index (κ1) is 17.3. The van der Waals surface area contributed by atoms with E-state index in [1.54, 1.807) is 0 Å². The van der Waals surface area contributed by atoms with E-state index >= 15 is 0 Å². The van der Waals surface area contributed by atoms with Crippen LogP contribution in [0.25, 0.3) is 55.1 Å². The van der Waals surface area contributed by atoms with E-state index in [-0.39, 0.29) is 0 Å². The molecule has 7 rings (SSSR count). The van der Waals surface area contributed by atoms with Gasteiger partial charge in [-0.25, -0.2) is 4.98 Å². The molecular weight excluding hydrogens is 390 g/mol. The van der Waals surface area contributed by atoms with Crippen LogP contribution in [0.4, 0.5) is 0 Å². The van der Waals surface area contributed by atoms with E-state index in [4.69, 9.17) is 4.98 Å². The number of para-hydroxylation sites is 3. The lowest BCUT2D eigenvalue weighted by molar-refractivity contribution is 1.10. The smallest absolute Gasteiger partial charge is 0.138 e. The normalized spacial score (nSPS) is 11.8. The average Bonchev–Trinajstić information content (AvgIpc) is 3.44. The molecule has 0 radical (unpaired) electrons. The van der Waals surface area contributed by atoms with Crippen molar-refractivity contribution in [3.05, 3.63) is 115 Å². The number of hydrogen-bond donors (Lipinski definition) is 0. The quantitative estimate of drug-likeness (QED) is 0.294. The highest BCUT2D eigenvalue weighted by atomic mass is 15.1. The molecule has 0 aliphatic carbocycles. The first-order valence-corrected chi connectivity index (χ1v) is 10.8. The van der Waals surface area contributed by atoms with E-state index < -0.39 is 0 Å². The highest BCUT2D eigenvalue weighted by Gasteiger charge is 2.17. The molecule has 150 valence electrons. The van der Waals surface area contributed by atoms with Gasteiger partial charge in [0.15, 0.2) is 0 Å². The number of hydrogen-bond acceptors (Lipinski definition) is 1. The Balaban J connectivity index is 1.62. The fraction of sp³-hybridized carbons (Fsp3) is 0. The number of rotatable bonds is 2. The predicted octanol–water partition coefficient (Wildman–Crippen LogP) is 7.28. The van der Waals surface area contributed by atoms with Crippen molar-refractivity contribution in [1.29, 1.82) is 0 Å². The first-order valence-electron chi connectivity index (χ1n) is 10.8. The van der Waals surface area contributed by atoms with Crippen LogP contribution in [-0.2, 0) is 0 Å². The van der Waals surface area contributed by atoms with Gasteiger partial charge in [-0.1, -0.05) is 60.7 Å². The van der Waals surface area contributed by atoms with Gasteiger partial charge in [-0.05, 0) is 48.5 Å². The molecule has 3 heteroatoms. The van der Waals surface area contributed by atoms with Gasteiger partial charge < -0.3 is 4.57 Å². The molecule has 0 N–H and O–H groups in total. The Morgan fingerprint density at radius 2 is 1.34 bits per heavy atom. The van der Waals surface area contributed by atoms with Crippen molar-refractivity contribution < 1.29 is 0 Å². The number of pyridine rings is 1. The molecule has 0 saturated carbocycles. The van der Waals surface area contributed by atoms with E-state index in [1.807, 2.05) is 6.07 Å². The number of nitrogens with zero attached hydrogens (tertiary/aromatic N) is 3. The summed E-state index contributed by atoms with van der Waals surface area (Å²) in [4.78, 5) is 5.05. The Morgan fingerprint density at radius 1 is 0.531 bits per heavy atom. The highest BCUT2D eigenvalue weighted by molar-refractivity contribution is 6.18. The van der Waals surface area contributed by atoms with Crippen LogP contribution < -0.4 is 0 Å². The number of benzene rings is 4. The van der Waals surface area contributed by atoms with Gasteiger partial charge in [-0.3, -0.25) is 4.57 Å². The Bertz CT molecular complexity index is 1770. The summed E-state index contributed by atoms with van der Waals surface area (Å²) in [6.07, 6.45) is 2.16. The van der Waals surface area contributed by atoms with Crippen molar-refractivity contribution in [1.82, 2.24) is 14.1 Å². The summed E-state index contributed by atoms with van der Waals surface area (Å²) in [6.45, 7) is 0. The minimum absolute atomic E-state index is 0.940. The highest BCUT2D eigenvalue weighted by Crippen LogP contribution is 2.37. The minimum atomic E-state index is 0.940. The van der Waals surface area contributed by atoms with E-state index in [1.165, 1.54) is 32.7 Å². The van der Waals surface area contributed by atoms with Gasteiger partial charge in [-0.15, -0.1) is 0 Å². The van der Waals surface area contributed by atoms with Gasteiger partial charge in [0.25, 0.3) is 0 Å². The van der Waals surface area contributed by atoms with Gasteiger partial charge in [-0.2, -0.15) is 0 Å². The molecule has 0 unspecified atom stereocenters. The van der Waals surface area contributed by atoms with Crippen molar-refractivity contribution in [3.8, 4) is 11.5 Å². The van der Waals surface area contributed by atoms with Crippen LogP contribution in [0.3, 0.4) is 0 Å². The van der Waals surface area contributed by atoms with Crippen LogP contribution in [-0.4, -0.2) is 14.1 Å². The zero-order valence-electron chi connectivity index (χ0n) is 17.3. The van der Waals surface area contributed by atoms with Crippen molar-refractivity contribution in [2.24, 2.45) is 0 Å². The zero-order chi connectivity index (χ0) is 21.1. The first-order chi connectivity index (χ1) is 15.9. The maximum absolute atomic E-state index is 5.05. The second-order valence-corrected chi connectivity index (χ2v) is 8.13. The third-order valence-corrected chi connectivity index (χ3v) is 6.35. The molecular formula is C29H19N3. The fourth-order valence-electron chi connectivity index (χ4n) is 4.91. The Morgan fingerprint density at radius 3 is 2.28 bits per heavy atom.